The molecule has 9 nitrogen and oxygen atoms in total. The van der Waals surface area contributed by atoms with Crippen molar-refractivity contribution < 1.29 is 37.8 Å². The number of nitrogens with one attached hydrogen (secondary N) is 2. The van der Waals surface area contributed by atoms with Gasteiger partial charge in [-0.2, -0.15) is 0 Å². The fourth-order valence-corrected chi connectivity index (χ4v) is 5.93. The number of carbonyl (C=O) groups is 3. The Morgan fingerprint density at radius 1 is 1.00 bits per heavy atom. The lowest BCUT2D eigenvalue weighted by Gasteiger charge is -2.33. The van der Waals surface area contributed by atoms with Crippen LogP contribution in [-0.4, -0.2) is 103 Å². The molecule has 0 aromatic heterocycles. The Hall–Kier alpha value is -3.58. The maximum atomic E-state index is 13.8. The third-order valence-electron chi connectivity index (χ3n) is 8.95. The summed E-state index contributed by atoms with van der Waals surface area (Å²) in [6, 6.07) is 7.57. The number of aliphatic hydroxyl groups is 2. The number of hydrogen-bond acceptors (Lipinski definition) is 6. The van der Waals surface area contributed by atoms with Crippen molar-refractivity contribution in [1.29, 1.82) is 0 Å². The Bertz CT molecular complexity index is 1220. The van der Waals surface area contributed by atoms with Gasteiger partial charge in [-0.05, 0) is 51.1 Å². The molecule has 12 heteroatoms. The highest BCUT2D eigenvalue weighted by Gasteiger charge is 2.34. The molecule has 0 bridgehead atoms. The number of benzene rings is 1. The lowest BCUT2D eigenvalue weighted by atomic mass is 9.82. The number of unbranched alkanes of at least 4 members (excludes halogenated alkanes) is 1. The number of nitrogens with zero attached hydrogens (tertiary/aromatic N) is 2. The van der Waals surface area contributed by atoms with Gasteiger partial charge in [0.25, 0.3) is 0 Å². The zero-order valence-electron chi connectivity index (χ0n) is 29.9. The summed E-state index contributed by atoms with van der Waals surface area (Å²) in [6.07, 6.45) is 10.4. The first-order valence-electron chi connectivity index (χ1n) is 17.4. The lowest BCUT2D eigenvalue weighted by Crippen LogP contribution is -2.56. The minimum Gasteiger partial charge on any atom is -0.390 e. The number of halogens is 3. The van der Waals surface area contributed by atoms with E-state index < -0.39 is 55.8 Å². The molecule has 2 rings (SSSR count). The van der Waals surface area contributed by atoms with Gasteiger partial charge in [0.15, 0.2) is 0 Å². The maximum Gasteiger partial charge on any atom is 0.243 e. The number of likely N-dealkylation sites (N-methyl/N-ethyl adjacent to an activating group) is 2. The Labute approximate surface area is 296 Å². The zero-order valence-corrected chi connectivity index (χ0v) is 29.9. The summed E-state index contributed by atoms with van der Waals surface area (Å²) in [5.41, 5.74) is 0.865. The number of rotatable bonds is 20. The van der Waals surface area contributed by atoms with E-state index in [1.54, 1.807) is 21.0 Å². The third kappa shape index (κ3) is 17.9. The fourth-order valence-electron chi connectivity index (χ4n) is 5.93. The molecule has 0 aliphatic heterocycles. The van der Waals surface area contributed by atoms with Crippen LogP contribution >= 0.6 is 0 Å². The van der Waals surface area contributed by atoms with Crippen molar-refractivity contribution in [3.63, 3.8) is 0 Å². The quantitative estimate of drug-likeness (QED) is 0.0912. The molecule has 0 saturated heterocycles. The van der Waals surface area contributed by atoms with Crippen molar-refractivity contribution in [2.75, 3.05) is 40.9 Å². The summed E-state index contributed by atoms with van der Waals surface area (Å²) in [6.45, 7) is -0.0888. The average molecular weight is 707 g/mol. The molecule has 280 valence electrons. The lowest BCUT2D eigenvalue weighted by molar-refractivity contribution is -0.137. The number of amides is 3. The van der Waals surface area contributed by atoms with Crippen LogP contribution in [0.15, 0.2) is 30.3 Å². The van der Waals surface area contributed by atoms with Gasteiger partial charge in [-0.3, -0.25) is 19.3 Å². The van der Waals surface area contributed by atoms with Crippen LogP contribution in [0.25, 0.3) is 0 Å². The molecule has 4 unspecified atom stereocenters. The smallest absolute Gasteiger partial charge is 0.243 e. The van der Waals surface area contributed by atoms with Crippen LogP contribution in [-0.2, 0) is 20.8 Å². The highest BCUT2D eigenvalue weighted by atomic mass is 19.3. The molecule has 1 saturated carbocycles. The monoisotopic (exact) mass is 706 g/mol. The van der Waals surface area contributed by atoms with Crippen LogP contribution in [0.2, 0.25) is 0 Å². The molecule has 4 N–H and O–H groups in total. The molecule has 1 aromatic carbocycles. The second-order valence-electron chi connectivity index (χ2n) is 12.9. The predicted molar refractivity (Wildman–Crippen MR) is 189 cm³/mol. The number of hydrogen-bond donors (Lipinski definition) is 4. The topological polar surface area (TPSA) is 122 Å². The molecule has 1 fully saturated rings. The van der Waals surface area contributed by atoms with E-state index in [0.29, 0.717) is 44.7 Å². The molecule has 1 aliphatic rings. The van der Waals surface area contributed by atoms with Crippen LogP contribution in [0.1, 0.15) is 83.1 Å². The van der Waals surface area contributed by atoms with Gasteiger partial charge in [0.05, 0.1) is 24.2 Å². The highest BCUT2D eigenvalue weighted by Crippen LogP contribution is 2.29. The van der Waals surface area contributed by atoms with Gasteiger partial charge >= 0.3 is 0 Å². The summed E-state index contributed by atoms with van der Waals surface area (Å²) < 4.78 is 32.2. The summed E-state index contributed by atoms with van der Waals surface area (Å²) in [5.74, 6) is 6.49. The second kappa shape index (κ2) is 26.3. The number of aliphatic hydroxyl groups excluding tert-OH is 2. The first-order valence-corrected chi connectivity index (χ1v) is 17.4. The van der Waals surface area contributed by atoms with E-state index in [0.717, 1.165) is 37.7 Å². The SMILES string of the molecule is C#CCCCC(O)C(O)C(CC1CCCCC1)NC(=O)[C@H](CC#CC)NC(=O)C(CC(=O)N(C)CCN(C)CF)Cc1ccccc1.FCF. The molecule has 1 aliphatic carbocycles. The van der Waals surface area contributed by atoms with Gasteiger partial charge in [0, 0.05) is 39.4 Å². The second-order valence-corrected chi connectivity index (χ2v) is 12.9. The number of terminal acetylenes is 1. The van der Waals surface area contributed by atoms with Crippen molar-refractivity contribution >= 4 is 17.7 Å². The highest BCUT2D eigenvalue weighted by molar-refractivity contribution is 5.91. The largest absolute Gasteiger partial charge is 0.390 e. The molecule has 50 heavy (non-hydrogen) atoms. The molecule has 5 atom stereocenters. The summed E-state index contributed by atoms with van der Waals surface area (Å²) in [7, 11) is 3.24. The summed E-state index contributed by atoms with van der Waals surface area (Å²) >= 11 is 0. The molecular formula is C38H57F3N4O5. The molecule has 1 aromatic rings. The fraction of sp³-hybridized carbons (Fsp3) is 0.658. The zero-order chi connectivity index (χ0) is 37.3. The predicted octanol–water partition coefficient (Wildman–Crippen LogP) is 4.31. The Balaban J connectivity index is 0.00000401. The molecule has 0 heterocycles. The van der Waals surface area contributed by atoms with Gasteiger partial charge in [-0.1, -0.05) is 62.4 Å². The van der Waals surface area contributed by atoms with Crippen molar-refractivity contribution in [1.82, 2.24) is 20.4 Å². The van der Waals surface area contributed by atoms with Crippen LogP contribution in [0.5, 0.6) is 0 Å². The van der Waals surface area contributed by atoms with Gasteiger partial charge in [0.2, 0.25) is 24.6 Å². The van der Waals surface area contributed by atoms with E-state index in [9.17, 15) is 37.8 Å². The van der Waals surface area contributed by atoms with E-state index in [2.05, 4.69) is 28.4 Å². The number of alkyl halides is 3. The van der Waals surface area contributed by atoms with E-state index in [-0.39, 0.29) is 25.2 Å². The third-order valence-corrected chi connectivity index (χ3v) is 8.95. The van der Waals surface area contributed by atoms with Crippen LogP contribution in [0, 0.1) is 36.0 Å². The first kappa shape index (κ1) is 44.4. The maximum absolute atomic E-state index is 13.8. The normalized spacial score (nSPS) is 15.8. The molecule has 0 spiro atoms. The minimum atomic E-state index is -1.75. The van der Waals surface area contributed by atoms with Crippen LogP contribution < -0.4 is 10.6 Å². The van der Waals surface area contributed by atoms with E-state index >= 15 is 0 Å². The Morgan fingerprint density at radius 3 is 2.26 bits per heavy atom. The van der Waals surface area contributed by atoms with Crippen molar-refractivity contribution in [2.24, 2.45) is 11.8 Å². The van der Waals surface area contributed by atoms with Crippen LogP contribution in [0.4, 0.5) is 13.2 Å². The van der Waals surface area contributed by atoms with E-state index in [1.165, 1.54) is 9.80 Å². The molecule has 3 amide bonds. The van der Waals surface area contributed by atoms with Gasteiger partial charge < -0.3 is 25.7 Å². The average Bonchev–Trinajstić information content (AvgIpc) is 3.12. The van der Waals surface area contributed by atoms with Gasteiger partial charge in [0.1, 0.15) is 12.8 Å². The van der Waals surface area contributed by atoms with Gasteiger partial charge in [-0.25, -0.2) is 13.2 Å². The van der Waals surface area contributed by atoms with E-state index in [4.69, 9.17) is 6.42 Å². The summed E-state index contributed by atoms with van der Waals surface area (Å²) in [5, 5.41) is 27.8. The Morgan fingerprint density at radius 2 is 1.66 bits per heavy atom. The minimum absolute atomic E-state index is 0.0342. The standard InChI is InChI=1S/C37H55FN4O5.CH2F2/c1-5-7-11-21-33(43)35(45)32(25-29-18-14-10-15-19-29)40-37(47)31(20-8-6-2)39-36(46)30(24-28-16-12-9-13-17-28)26-34(44)42(4)23-22-41(3)27-38;2-1-3/h1,9,12-13,16-17,29-33,35,43,45H,7,10-11,14-15,18-27H2,2-4H3,(H,39,46)(H,40,47);1H2/t30?,31-,32?,33?,35?;/m0./s1. The number of carbonyl (C=O) groups excluding carboxylic acids is 3. The van der Waals surface area contributed by atoms with Gasteiger partial charge in [-0.15, -0.1) is 24.2 Å². The first-order chi connectivity index (χ1) is 24.0. The van der Waals surface area contributed by atoms with Crippen molar-refractivity contribution in [3.8, 4) is 24.2 Å². The molecule has 0 radical (unpaired) electrons. The summed E-state index contributed by atoms with van der Waals surface area (Å²) in [4.78, 5) is 43.7. The van der Waals surface area contributed by atoms with Crippen molar-refractivity contribution in [2.45, 2.75) is 108 Å². The van der Waals surface area contributed by atoms with Crippen molar-refractivity contribution in [3.05, 3.63) is 35.9 Å². The molecular weight excluding hydrogens is 649 g/mol. The van der Waals surface area contributed by atoms with Crippen LogP contribution in [0.3, 0.4) is 0 Å². The Kier molecular flexibility index (Phi) is 23.3. The van der Waals surface area contributed by atoms with E-state index in [1.807, 2.05) is 30.3 Å².